The number of anilines is 6. The Balaban J connectivity index is 1.11. The van der Waals surface area contributed by atoms with E-state index >= 15 is 0 Å². The lowest BCUT2D eigenvalue weighted by atomic mass is 9.33. The zero-order chi connectivity index (χ0) is 53.3. The summed E-state index contributed by atoms with van der Waals surface area (Å²) in [6, 6.07) is 89.2. The third-order valence-corrected chi connectivity index (χ3v) is 17.3. The second-order valence-corrected chi connectivity index (χ2v) is 22.6. The topological polar surface area (TPSA) is 34.6 Å². The number of para-hydroxylation sites is 2. The largest absolute Gasteiger partial charge is 0.311 e. The van der Waals surface area contributed by atoms with Crippen molar-refractivity contribution in [3.8, 4) is 61.7 Å². The number of nitriles is 1. The fourth-order valence-corrected chi connectivity index (χ4v) is 13.9. The highest BCUT2D eigenvalue weighted by molar-refractivity contribution is 7.00. The van der Waals surface area contributed by atoms with Gasteiger partial charge in [-0.2, -0.15) is 5.26 Å². The summed E-state index contributed by atoms with van der Waals surface area (Å²) in [5.41, 5.74) is 28.9. The Labute approximate surface area is 462 Å². The molecule has 0 N–H and O–H groups in total. The van der Waals surface area contributed by atoms with E-state index in [2.05, 4.69) is 273 Å². The van der Waals surface area contributed by atoms with Gasteiger partial charge in [0.25, 0.3) is 6.71 Å². The maximum Gasteiger partial charge on any atom is 0.252 e. The van der Waals surface area contributed by atoms with Crippen molar-refractivity contribution >= 4 is 62.9 Å². The third kappa shape index (κ3) is 6.67. The first-order chi connectivity index (χ1) is 38.6. The summed E-state index contributed by atoms with van der Waals surface area (Å²) in [5.74, 6) is 0. The molecule has 15 rings (SSSR count). The molecule has 4 aliphatic rings. The van der Waals surface area contributed by atoms with Crippen LogP contribution in [0.15, 0.2) is 237 Å². The highest BCUT2D eigenvalue weighted by atomic mass is 15.2. The summed E-state index contributed by atoms with van der Waals surface area (Å²) >= 11 is 0. The summed E-state index contributed by atoms with van der Waals surface area (Å²) in [4.78, 5) is 9.22. The van der Waals surface area contributed by atoms with E-state index in [9.17, 15) is 5.26 Å². The lowest BCUT2D eigenvalue weighted by Crippen LogP contribution is -2.61. The number of benzene rings is 11. The van der Waals surface area contributed by atoms with Crippen LogP contribution in [-0.2, 0) is 10.8 Å². The van der Waals surface area contributed by atoms with Crippen molar-refractivity contribution in [1.29, 1.82) is 5.26 Å². The van der Waals surface area contributed by atoms with E-state index in [0.717, 1.165) is 118 Å². The van der Waals surface area contributed by atoms with Crippen molar-refractivity contribution in [3.63, 3.8) is 0 Å². The zero-order valence-corrected chi connectivity index (χ0v) is 44.4. The quantitative estimate of drug-likeness (QED) is 0.127. The Kier molecular flexibility index (Phi) is 10.1. The number of aryl methyl sites for hydroxylation is 1. The van der Waals surface area contributed by atoms with Gasteiger partial charge < -0.3 is 9.80 Å². The lowest BCUT2D eigenvalue weighted by Gasteiger charge is -2.46. The first-order valence-corrected chi connectivity index (χ1v) is 27.3. The summed E-state index contributed by atoms with van der Waals surface area (Å²) < 4.78 is 0. The molecule has 0 bridgehead atoms. The molecule has 5 heteroatoms. The van der Waals surface area contributed by atoms with Crippen molar-refractivity contribution in [2.45, 2.75) is 38.5 Å². The molecule has 4 nitrogen and oxygen atoms in total. The van der Waals surface area contributed by atoms with Gasteiger partial charge in [-0.05, 0) is 144 Å². The Morgan fingerprint density at radius 3 is 1.65 bits per heavy atom. The zero-order valence-electron chi connectivity index (χ0n) is 44.4. The minimum atomic E-state index is -0.822. The Hall–Kier alpha value is -9.94. The molecule has 2 aliphatic heterocycles. The summed E-state index contributed by atoms with van der Waals surface area (Å²) in [7, 11) is 0. The molecule has 79 heavy (non-hydrogen) atoms. The summed E-state index contributed by atoms with van der Waals surface area (Å²) in [6.07, 6.45) is 0. The molecule has 2 heterocycles. The Morgan fingerprint density at radius 2 is 0.987 bits per heavy atom. The van der Waals surface area contributed by atoms with E-state index in [4.69, 9.17) is 6.57 Å². The second-order valence-electron chi connectivity index (χ2n) is 22.6. The van der Waals surface area contributed by atoms with Crippen molar-refractivity contribution in [2.24, 2.45) is 0 Å². The summed E-state index contributed by atoms with van der Waals surface area (Å²) in [6.45, 7) is 17.4. The second kappa shape index (κ2) is 17.3. The van der Waals surface area contributed by atoms with Gasteiger partial charge in [0.05, 0.1) is 35.0 Å². The minimum absolute atomic E-state index is 0.148. The maximum absolute atomic E-state index is 10.6. The number of nitrogens with zero attached hydrogens (tertiary/aromatic N) is 4. The van der Waals surface area contributed by atoms with Gasteiger partial charge in [-0.3, -0.25) is 0 Å². The molecule has 0 saturated carbocycles. The van der Waals surface area contributed by atoms with Crippen LogP contribution in [-0.4, -0.2) is 6.71 Å². The minimum Gasteiger partial charge on any atom is -0.311 e. The Morgan fingerprint density at radius 1 is 0.443 bits per heavy atom. The van der Waals surface area contributed by atoms with Crippen LogP contribution >= 0.6 is 0 Å². The molecule has 0 amide bonds. The fraction of sp³-hybridized carbons (Fsp3) is 0.0811. The Bertz CT molecular complexity index is 4340. The van der Waals surface area contributed by atoms with Gasteiger partial charge in [0.1, 0.15) is 0 Å². The molecule has 370 valence electrons. The molecule has 11 aromatic carbocycles. The number of hydrogen-bond donors (Lipinski definition) is 0. The molecule has 0 saturated heterocycles. The maximum atomic E-state index is 10.6. The van der Waals surface area contributed by atoms with Crippen LogP contribution in [0.3, 0.4) is 0 Å². The third-order valence-electron chi connectivity index (χ3n) is 17.3. The van der Waals surface area contributed by atoms with Crippen LogP contribution in [0.4, 0.5) is 39.8 Å². The van der Waals surface area contributed by atoms with E-state index in [0.29, 0.717) is 11.3 Å². The van der Waals surface area contributed by atoms with Crippen molar-refractivity contribution < 1.29 is 0 Å². The van der Waals surface area contributed by atoms with Crippen LogP contribution < -0.4 is 26.2 Å². The molecule has 0 unspecified atom stereocenters. The lowest BCUT2D eigenvalue weighted by molar-refractivity contribution is 0.591. The SMILES string of the molecule is [C-]#[N+]c1ccc2c(c1)[C@@]1(c3ccccc3-c3cc4c(cc31)N(c1ccccc1-c1ccccc1)c1cc(C)cc3c1B4c1cc(C(C)(C)C)ccc1N3c1c(-c3ccccc3)cccc1-c1ccccc1)c1cc(C#N)ccc1-2. The molecule has 0 radical (unpaired) electrons. The van der Waals surface area contributed by atoms with Gasteiger partial charge in [0, 0.05) is 39.4 Å². The van der Waals surface area contributed by atoms with E-state index in [1.807, 2.05) is 12.1 Å². The van der Waals surface area contributed by atoms with E-state index in [1.165, 1.54) is 22.0 Å². The average molecular weight is 1010 g/mol. The summed E-state index contributed by atoms with van der Waals surface area (Å²) in [5, 5.41) is 10.6. The van der Waals surface area contributed by atoms with Crippen molar-refractivity contribution in [2.75, 3.05) is 9.80 Å². The molecule has 1 atom stereocenters. The van der Waals surface area contributed by atoms with Gasteiger partial charge in [-0.25, -0.2) is 4.85 Å². The van der Waals surface area contributed by atoms with Crippen LogP contribution in [0.2, 0.25) is 0 Å². The highest BCUT2D eigenvalue weighted by Crippen LogP contribution is 2.64. The highest BCUT2D eigenvalue weighted by Gasteiger charge is 2.54. The van der Waals surface area contributed by atoms with Gasteiger partial charge in [-0.15, -0.1) is 0 Å². The predicted molar refractivity (Wildman–Crippen MR) is 327 cm³/mol. The number of hydrogen-bond acceptors (Lipinski definition) is 3. The standard InChI is InChI=1S/C74H51BN4/c1-46-38-69-71-70(39-46)79(72-54(49-22-11-7-12-23-49)28-19-29-55(72)50-24-13-8-14-25-50)67-37-33-51(73(2,3)4)41-64(67)75(71)65-43-59-56-27-15-17-30-60(56)74(61-40-47(45-76)32-35-57(61)58-36-34-52(77-5)42-62(58)74)63(59)44-68(65)78(69)66-31-18-16-26-53(66)48-20-9-6-10-21-48/h6-44H,1-4H3/t74-/m1/s1. The van der Waals surface area contributed by atoms with Crippen LogP contribution in [0, 0.1) is 24.8 Å². The van der Waals surface area contributed by atoms with Gasteiger partial charge in [0.2, 0.25) is 0 Å². The van der Waals surface area contributed by atoms with E-state index in [1.54, 1.807) is 0 Å². The average Bonchev–Trinajstić information content (AvgIpc) is 2.84. The number of rotatable bonds is 5. The van der Waals surface area contributed by atoms with Crippen LogP contribution in [0.25, 0.3) is 60.5 Å². The molecule has 2 aliphatic carbocycles. The predicted octanol–water partition coefficient (Wildman–Crippen LogP) is 17.1. The van der Waals surface area contributed by atoms with Crippen LogP contribution in [0.1, 0.15) is 59.7 Å². The smallest absolute Gasteiger partial charge is 0.252 e. The first kappa shape index (κ1) is 46.4. The van der Waals surface area contributed by atoms with Crippen LogP contribution in [0.5, 0.6) is 0 Å². The first-order valence-electron chi connectivity index (χ1n) is 27.3. The molecule has 1 spiro atoms. The van der Waals surface area contributed by atoms with E-state index in [-0.39, 0.29) is 12.1 Å². The van der Waals surface area contributed by atoms with E-state index < -0.39 is 5.41 Å². The monoisotopic (exact) mass is 1010 g/mol. The van der Waals surface area contributed by atoms with Crippen molar-refractivity contribution in [1.82, 2.24) is 0 Å². The van der Waals surface area contributed by atoms with Gasteiger partial charge in [0.15, 0.2) is 5.69 Å². The van der Waals surface area contributed by atoms with Crippen molar-refractivity contribution in [3.05, 3.63) is 287 Å². The van der Waals surface area contributed by atoms with Gasteiger partial charge in [-0.1, -0.05) is 215 Å². The molecular weight excluding hydrogens is 956 g/mol. The van der Waals surface area contributed by atoms with Gasteiger partial charge >= 0.3 is 0 Å². The number of fused-ring (bicyclic) bond motifs is 14. The molecule has 0 fully saturated rings. The molecule has 11 aromatic rings. The molecule has 0 aromatic heterocycles. The fourth-order valence-electron chi connectivity index (χ4n) is 13.9. The molecular formula is C74H51BN4. The normalized spacial score (nSPS) is 14.8.